The van der Waals surface area contributed by atoms with E-state index in [0.29, 0.717) is 28.7 Å². The average Bonchev–Trinajstić information content (AvgIpc) is 3.23. The molecule has 0 atom stereocenters. The number of nitrogens with one attached hydrogen (secondary N) is 2. The number of benzene rings is 2. The number of anilines is 2. The molecule has 0 aliphatic carbocycles. The molecule has 4 aromatic rings. The molecule has 10 heteroatoms. The van der Waals surface area contributed by atoms with Gasteiger partial charge in [-0.1, -0.05) is 11.8 Å². The Kier molecular flexibility index (Phi) is 5.89. The summed E-state index contributed by atoms with van der Waals surface area (Å²) in [5.74, 6) is 1.69. The van der Waals surface area contributed by atoms with Gasteiger partial charge >= 0.3 is 6.03 Å². The lowest BCUT2D eigenvalue weighted by molar-refractivity contribution is 0.262. The topological polar surface area (TPSA) is 103 Å². The molecule has 0 saturated heterocycles. The molecule has 0 fully saturated rings. The maximum Gasteiger partial charge on any atom is 0.323 e. The van der Waals surface area contributed by atoms with E-state index in [1.54, 1.807) is 48.7 Å². The van der Waals surface area contributed by atoms with Crippen LogP contribution >= 0.6 is 11.8 Å². The van der Waals surface area contributed by atoms with Gasteiger partial charge in [0, 0.05) is 28.0 Å². The zero-order chi connectivity index (χ0) is 21.8. The zero-order valence-corrected chi connectivity index (χ0v) is 17.9. The lowest BCUT2D eigenvalue weighted by atomic mass is 10.2. The van der Waals surface area contributed by atoms with Gasteiger partial charge in [-0.15, -0.1) is 0 Å². The first-order chi connectivity index (χ1) is 15.1. The molecule has 4 rings (SSSR count). The Morgan fingerprint density at radius 2 is 1.68 bits per heavy atom. The Balaban J connectivity index is 1.41. The van der Waals surface area contributed by atoms with Crippen molar-refractivity contribution in [1.82, 2.24) is 19.6 Å². The van der Waals surface area contributed by atoms with Crippen LogP contribution in [0.15, 0.2) is 64.8 Å². The molecule has 158 valence electrons. The second kappa shape index (κ2) is 8.92. The van der Waals surface area contributed by atoms with Crippen molar-refractivity contribution in [2.45, 2.75) is 16.8 Å². The highest BCUT2D eigenvalue weighted by molar-refractivity contribution is 7.99. The Bertz CT molecular complexity index is 1230. The molecule has 0 aliphatic rings. The summed E-state index contributed by atoms with van der Waals surface area (Å²) in [5, 5.41) is 10.7. The highest BCUT2D eigenvalue weighted by Crippen LogP contribution is 2.30. The summed E-state index contributed by atoms with van der Waals surface area (Å²) in [6, 6.07) is 14.3. The summed E-state index contributed by atoms with van der Waals surface area (Å²) in [5.41, 5.74) is 2.12. The van der Waals surface area contributed by atoms with Crippen LogP contribution in [0.4, 0.5) is 16.2 Å². The maximum atomic E-state index is 12.3. The molecule has 9 nitrogen and oxygen atoms in total. The van der Waals surface area contributed by atoms with Gasteiger partial charge in [-0.3, -0.25) is 0 Å². The van der Waals surface area contributed by atoms with Gasteiger partial charge in [0.1, 0.15) is 11.4 Å². The maximum absolute atomic E-state index is 12.3. The number of aryl methyl sites for hydroxylation is 1. The number of methoxy groups -OCH3 is 2. The summed E-state index contributed by atoms with van der Waals surface area (Å²) in [4.78, 5) is 21.8. The lowest BCUT2D eigenvalue weighted by Crippen LogP contribution is -2.19. The SMILES string of the molecule is COc1ccc(NC(=O)Nc2ccc(Sc3cc(C)nc4ncnn34)cc2)cc1OC. The molecule has 0 radical (unpaired) electrons. The Labute approximate surface area is 182 Å². The molecular weight excluding hydrogens is 416 g/mol. The number of carbonyl (C=O) groups excluding carboxylic acids is 1. The standard InChI is InChI=1S/C21H20N6O3S/c1-13-10-19(27-20(24-13)22-12-23-27)31-16-7-4-14(5-8-16)25-21(28)26-15-6-9-17(29-2)18(11-15)30-3/h4-12H,1-3H3,(H2,25,26,28). The minimum Gasteiger partial charge on any atom is -0.493 e. The van der Waals surface area contributed by atoms with Crippen molar-refractivity contribution in [3.8, 4) is 11.5 Å². The summed E-state index contributed by atoms with van der Waals surface area (Å²) in [7, 11) is 3.10. The van der Waals surface area contributed by atoms with Crippen LogP contribution in [0.3, 0.4) is 0 Å². The average molecular weight is 436 g/mol. The molecule has 0 spiro atoms. The smallest absolute Gasteiger partial charge is 0.323 e. The van der Waals surface area contributed by atoms with E-state index in [9.17, 15) is 4.79 Å². The van der Waals surface area contributed by atoms with Crippen LogP contribution in [-0.2, 0) is 0 Å². The second-order valence-corrected chi connectivity index (χ2v) is 7.58. The molecule has 0 bridgehead atoms. The van der Waals surface area contributed by atoms with Gasteiger partial charge in [-0.2, -0.15) is 14.6 Å². The van der Waals surface area contributed by atoms with Crippen molar-refractivity contribution >= 4 is 34.9 Å². The van der Waals surface area contributed by atoms with Gasteiger partial charge in [0.25, 0.3) is 5.78 Å². The van der Waals surface area contributed by atoms with Gasteiger partial charge < -0.3 is 20.1 Å². The number of amides is 2. The molecule has 2 N–H and O–H groups in total. The Hall–Kier alpha value is -3.79. The van der Waals surface area contributed by atoms with E-state index in [4.69, 9.17) is 9.47 Å². The van der Waals surface area contributed by atoms with Crippen molar-refractivity contribution < 1.29 is 14.3 Å². The number of hydrogen-bond donors (Lipinski definition) is 2. The van der Waals surface area contributed by atoms with Crippen LogP contribution in [0.2, 0.25) is 0 Å². The molecule has 2 aromatic heterocycles. The number of rotatable bonds is 6. The predicted molar refractivity (Wildman–Crippen MR) is 118 cm³/mol. The van der Waals surface area contributed by atoms with Crippen LogP contribution in [0.1, 0.15) is 5.69 Å². The number of ether oxygens (including phenoxy) is 2. The fraction of sp³-hybridized carbons (Fsp3) is 0.143. The van der Waals surface area contributed by atoms with Crippen molar-refractivity contribution in [2.75, 3.05) is 24.9 Å². The van der Waals surface area contributed by atoms with E-state index in [1.807, 2.05) is 37.3 Å². The van der Waals surface area contributed by atoms with Crippen LogP contribution in [0.5, 0.6) is 11.5 Å². The van der Waals surface area contributed by atoms with Crippen LogP contribution in [0.25, 0.3) is 5.78 Å². The molecular formula is C21H20N6O3S. The van der Waals surface area contributed by atoms with E-state index in [2.05, 4.69) is 25.7 Å². The van der Waals surface area contributed by atoms with Crippen molar-refractivity contribution in [3.05, 3.63) is 60.6 Å². The second-order valence-electron chi connectivity index (χ2n) is 6.48. The van der Waals surface area contributed by atoms with Gasteiger partial charge in [0.15, 0.2) is 11.5 Å². The number of carbonyl (C=O) groups is 1. The number of urea groups is 1. The quantitative estimate of drug-likeness (QED) is 0.436. The summed E-state index contributed by atoms with van der Waals surface area (Å²) >= 11 is 1.54. The summed E-state index contributed by atoms with van der Waals surface area (Å²) in [6.07, 6.45) is 1.48. The molecule has 0 aliphatic heterocycles. The third-order valence-electron chi connectivity index (χ3n) is 4.32. The molecule has 0 unspecified atom stereocenters. The van der Waals surface area contributed by atoms with Crippen molar-refractivity contribution in [3.63, 3.8) is 0 Å². The van der Waals surface area contributed by atoms with Crippen LogP contribution in [-0.4, -0.2) is 39.8 Å². The normalized spacial score (nSPS) is 10.7. The number of fused-ring (bicyclic) bond motifs is 1. The first kappa shape index (κ1) is 20.5. The van der Waals surface area contributed by atoms with Crippen LogP contribution < -0.4 is 20.1 Å². The highest BCUT2D eigenvalue weighted by Gasteiger charge is 2.10. The molecule has 0 saturated carbocycles. The lowest BCUT2D eigenvalue weighted by Gasteiger charge is -2.11. The fourth-order valence-corrected chi connectivity index (χ4v) is 3.86. The van der Waals surface area contributed by atoms with E-state index in [0.717, 1.165) is 15.6 Å². The van der Waals surface area contributed by atoms with E-state index >= 15 is 0 Å². The largest absolute Gasteiger partial charge is 0.493 e. The molecule has 2 aromatic carbocycles. The number of aromatic nitrogens is 4. The predicted octanol–water partition coefficient (Wildman–Crippen LogP) is 4.25. The minimum absolute atomic E-state index is 0.360. The van der Waals surface area contributed by atoms with Gasteiger partial charge in [0.05, 0.1) is 14.2 Å². The zero-order valence-electron chi connectivity index (χ0n) is 17.1. The monoisotopic (exact) mass is 436 g/mol. The van der Waals surface area contributed by atoms with Gasteiger partial charge in [-0.25, -0.2) is 9.78 Å². The molecule has 2 heterocycles. The van der Waals surface area contributed by atoms with Gasteiger partial charge in [-0.05, 0) is 49.4 Å². The highest BCUT2D eigenvalue weighted by atomic mass is 32.2. The van der Waals surface area contributed by atoms with Crippen molar-refractivity contribution in [1.29, 1.82) is 0 Å². The van der Waals surface area contributed by atoms with Gasteiger partial charge in [0.2, 0.25) is 0 Å². The summed E-state index contributed by atoms with van der Waals surface area (Å²) in [6.45, 7) is 1.92. The fourth-order valence-electron chi connectivity index (χ4n) is 2.90. The molecule has 2 amide bonds. The first-order valence-electron chi connectivity index (χ1n) is 9.31. The first-order valence-corrected chi connectivity index (χ1v) is 10.1. The number of hydrogen-bond acceptors (Lipinski definition) is 7. The molecule has 31 heavy (non-hydrogen) atoms. The number of nitrogens with zero attached hydrogens (tertiary/aromatic N) is 4. The summed E-state index contributed by atoms with van der Waals surface area (Å²) < 4.78 is 12.2. The third-order valence-corrected chi connectivity index (χ3v) is 5.33. The van der Waals surface area contributed by atoms with Crippen molar-refractivity contribution in [2.24, 2.45) is 0 Å². The Morgan fingerprint density at radius 1 is 0.968 bits per heavy atom. The minimum atomic E-state index is -0.360. The van der Waals surface area contributed by atoms with E-state index in [1.165, 1.54) is 6.33 Å². The Morgan fingerprint density at radius 3 is 2.42 bits per heavy atom. The third kappa shape index (κ3) is 4.69. The van der Waals surface area contributed by atoms with Crippen LogP contribution in [0, 0.1) is 6.92 Å². The van der Waals surface area contributed by atoms with E-state index < -0.39 is 0 Å². The van der Waals surface area contributed by atoms with E-state index in [-0.39, 0.29) is 6.03 Å².